The molecule has 5 heteroatoms. The highest BCUT2D eigenvalue weighted by Gasteiger charge is 2.47. The van der Waals surface area contributed by atoms with Gasteiger partial charge >= 0.3 is 0 Å². The zero-order valence-corrected chi connectivity index (χ0v) is 12.0. The number of rotatable bonds is 3. The van der Waals surface area contributed by atoms with Gasteiger partial charge in [-0.15, -0.1) is 0 Å². The molecule has 0 saturated heterocycles. The molecule has 3 rings (SSSR count). The van der Waals surface area contributed by atoms with Crippen molar-refractivity contribution in [3.05, 3.63) is 35.4 Å². The summed E-state index contributed by atoms with van der Waals surface area (Å²) in [6, 6.07) is 3.77. The first-order valence-electron chi connectivity index (χ1n) is 7.41. The third kappa shape index (κ3) is 2.67. The maximum absolute atomic E-state index is 13.7. The van der Waals surface area contributed by atoms with Gasteiger partial charge < -0.3 is 11.1 Å². The van der Waals surface area contributed by atoms with Crippen LogP contribution in [0.15, 0.2) is 18.2 Å². The topological polar surface area (TPSA) is 55.1 Å². The van der Waals surface area contributed by atoms with Crippen LogP contribution in [0.2, 0.25) is 0 Å². The highest BCUT2D eigenvalue weighted by atomic mass is 19.1. The summed E-state index contributed by atoms with van der Waals surface area (Å²) in [5.41, 5.74) is 5.52. The van der Waals surface area contributed by atoms with Crippen molar-refractivity contribution in [2.45, 2.75) is 50.6 Å². The Hall–Kier alpha value is -1.49. The van der Waals surface area contributed by atoms with Gasteiger partial charge in [0, 0.05) is 29.0 Å². The van der Waals surface area contributed by atoms with Crippen LogP contribution in [0.3, 0.4) is 0 Å². The van der Waals surface area contributed by atoms with Gasteiger partial charge in [-0.2, -0.15) is 0 Å². The van der Waals surface area contributed by atoms with Crippen LogP contribution < -0.4 is 11.1 Å². The van der Waals surface area contributed by atoms with Gasteiger partial charge in [0.2, 0.25) is 5.91 Å². The third-order valence-electron chi connectivity index (χ3n) is 4.81. The van der Waals surface area contributed by atoms with E-state index in [2.05, 4.69) is 5.32 Å². The molecular weight excluding hydrogens is 274 g/mol. The fourth-order valence-electron chi connectivity index (χ4n) is 3.37. The molecular formula is C16H20F2N2O. The van der Waals surface area contributed by atoms with Gasteiger partial charge in [-0.3, -0.25) is 4.79 Å². The molecule has 21 heavy (non-hydrogen) atoms. The average molecular weight is 294 g/mol. The minimum absolute atomic E-state index is 0.0419. The van der Waals surface area contributed by atoms with Crippen molar-refractivity contribution >= 4 is 5.91 Å². The Labute approximate surface area is 122 Å². The summed E-state index contributed by atoms with van der Waals surface area (Å²) in [5, 5.41) is 2.93. The summed E-state index contributed by atoms with van der Waals surface area (Å²) in [7, 11) is 0. The molecule has 1 amide bonds. The number of hydrogen-bond donors (Lipinski definition) is 2. The van der Waals surface area contributed by atoms with Gasteiger partial charge in [0.1, 0.15) is 11.6 Å². The molecule has 1 aromatic carbocycles. The summed E-state index contributed by atoms with van der Waals surface area (Å²) < 4.78 is 27.4. The van der Waals surface area contributed by atoms with E-state index in [9.17, 15) is 13.6 Å². The summed E-state index contributed by atoms with van der Waals surface area (Å²) in [4.78, 5) is 12.4. The molecule has 0 aliphatic heterocycles. The number of benzene rings is 1. The Morgan fingerprint density at radius 3 is 2.62 bits per heavy atom. The van der Waals surface area contributed by atoms with E-state index in [1.165, 1.54) is 18.2 Å². The van der Waals surface area contributed by atoms with Gasteiger partial charge in [-0.25, -0.2) is 8.78 Å². The number of carbonyl (C=O) groups is 1. The summed E-state index contributed by atoms with van der Waals surface area (Å²) in [6.45, 7) is 1.91. The van der Waals surface area contributed by atoms with Crippen LogP contribution in [-0.2, 0) is 4.79 Å². The predicted molar refractivity (Wildman–Crippen MR) is 75.6 cm³/mol. The fourth-order valence-corrected chi connectivity index (χ4v) is 3.37. The number of carbonyl (C=O) groups excluding carboxylic acids is 1. The van der Waals surface area contributed by atoms with Gasteiger partial charge in [0.15, 0.2) is 0 Å². The minimum Gasteiger partial charge on any atom is -0.352 e. The van der Waals surface area contributed by atoms with Crippen LogP contribution >= 0.6 is 0 Å². The number of nitrogens with one attached hydrogen (secondary N) is 1. The molecule has 2 aliphatic carbocycles. The zero-order chi connectivity index (χ0) is 15.2. The number of halogens is 2. The summed E-state index contributed by atoms with van der Waals surface area (Å²) in [6.07, 6.45) is 2.88. The second-order valence-corrected chi connectivity index (χ2v) is 6.62. The average Bonchev–Trinajstić information content (AvgIpc) is 3.05. The first-order chi connectivity index (χ1) is 9.90. The highest BCUT2D eigenvalue weighted by molar-refractivity contribution is 5.83. The molecule has 4 atom stereocenters. The van der Waals surface area contributed by atoms with Crippen LogP contribution in [-0.4, -0.2) is 18.0 Å². The molecule has 0 heterocycles. The van der Waals surface area contributed by atoms with E-state index in [4.69, 9.17) is 5.73 Å². The van der Waals surface area contributed by atoms with Crippen molar-refractivity contribution in [3.63, 3.8) is 0 Å². The third-order valence-corrected chi connectivity index (χ3v) is 4.81. The Bertz CT molecular complexity index is 557. The fraction of sp³-hybridized carbons (Fsp3) is 0.562. The van der Waals surface area contributed by atoms with E-state index in [-0.39, 0.29) is 29.5 Å². The summed E-state index contributed by atoms with van der Waals surface area (Å²) >= 11 is 0. The van der Waals surface area contributed by atoms with Crippen LogP contribution in [0.5, 0.6) is 0 Å². The number of hydrogen-bond acceptors (Lipinski definition) is 2. The smallest absolute Gasteiger partial charge is 0.226 e. The van der Waals surface area contributed by atoms with Crippen LogP contribution in [0.1, 0.15) is 44.1 Å². The van der Waals surface area contributed by atoms with Gasteiger partial charge in [-0.05, 0) is 37.8 Å². The first kappa shape index (κ1) is 14.4. The van der Waals surface area contributed by atoms with Crippen molar-refractivity contribution in [3.8, 4) is 0 Å². The molecule has 0 radical (unpaired) electrons. The molecule has 2 fully saturated rings. The Morgan fingerprint density at radius 2 is 2.05 bits per heavy atom. The lowest BCUT2D eigenvalue weighted by Gasteiger charge is -2.22. The van der Waals surface area contributed by atoms with E-state index < -0.39 is 17.0 Å². The SMILES string of the molecule is C[C@]1(C(=O)N[C@@H]2C[C@H]2c2c(F)cccc2F)CC[C@H](N)C1. The zero-order valence-electron chi connectivity index (χ0n) is 12.0. The molecule has 2 saturated carbocycles. The lowest BCUT2D eigenvalue weighted by Crippen LogP contribution is -2.39. The second kappa shape index (κ2) is 5.05. The first-order valence-corrected chi connectivity index (χ1v) is 7.41. The van der Waals surface area contributed by atoms with Crippen molar-refractivity contribution in [1.29, 1.82) is 0 Å². The van der Waals surface area contributed by atoms with Crippen LogP contribution in [0, 0.1) is 17.0 Å². The lowest BCUT2D eigenvalue weighted by molar-refractivity contribution is -0.130. The molecule has 0 bridgehead atoms. The maximum Gasteiger partial charge on any atom is 0.226 e. The van der Waals surface area contributed by atoms with Crippen molar-refractivity contribution < 1.29 is 13.6 Å². The van der Waals surface area contributed by atoms with E-state index >= 15 is 0 Å². The molecule has 2 aliphatic rings. The highest BCUT2D eigenvalue weighted by Crippen LogP contribution is 2.44. The molecule has 114 valence electrons. The molecule has 0 spiro atoms. The quantitative estimate of drug-likeness (QED) is 0.899. The molecule has 0 aromatic heterocycles. The normalized spacial score (nSPS) is 34.8. The van der Waals surface area contributed by atoms with Gasteiger partial charge in [-0.1, -0.05) is 13.0 Å². The van der Waals surface area contributed by atoms with Crippen LogP contribution in [0.4, 0.5) is 8.78 Å². The predicted octanol–water partition coefficient (Wildman–Crippen LogP) is 2.45. The monoisotopic (exact) mass is 294 g/mol. The summed E-state index contributed by atoms with van der Waals surface area (Å²) in [5.74, 6) is -1.37. The largest absolute Gasteiger partial charge is 0.352 e. The number of nitrogens with two attached hydrogens (primary N) is 1. The standard InChI is InChI=1S/C16H20F2N2O/c1-16(6-5-9(19)8-16)15(21)20-13-7-10(13)14-11(17)3-2-4-12(14)18/h2-4,9-10,13H,5-8,19H2,1H3,(H,20,21)/t9-,10+,13+,16-/m0/s1. The van der Waals surface area contributed by atoms with E-state index in [0.717, 1.165) is 12.8 Å². The van der Waals surface area contributed by atoms with E-state index in [1.807, 2.05) is 6.92 Å². The Balaban J connectivity index is 1.65. The molecule has 3 N–H and O–H groups in total. The minimum atomic E-state index is -0.536. The molecule has 1 aromatic rings. The molecule has 3 nitrogen and oxygen atoms in total. The molecule has 0 unspecified atom stereocenters. The van der Waals surface area contributed by atoms with Gasteiger partial charge in [0.25, 0.3) is 0 Å². The van der Waals surface area contributed by atoms with Gasteiger partial charge in [0.05, 0.1) is 0 Å². The van der Waals surface area contributed by atoms with Crippen molar-refractivity contribution in [2.75, 3.05) is 0 Å². The maximum atomic E-state index is 13.7. The van der Waals surface area contributed by atoms with Crippen molar-refractivity contribution in [2.24, 2.45) is 11.1 Å². The lowest BCUT2D eigenvalue weighted by atomic mass is 9.87. The Kier molecular flexibility index (Phi) is 3.48. The Morgan fingerprint density at radius 1 is 1.38 bits per heavy atom. The van der Waals surface area contributed by atoms with Crippen LogP contribution in [0.25, 0.3) is 0 Å². The van der Waals surface area contributed by atoms with Crippen molar-refractivity contribution in [1.82, 2.24) is 5.32 Å². The number of amides is 1. The van der Waals surface area contributed by atoms with E-state index in [1.54, 1.807) is 0 Å². The second-order valence-electron chi connectivity index (χ2n) is 6.62. The van der Waals surface area contributed by atoms with E-state index in [0.29, 0.717) is 12.8 Å².